The highest BCUT2D eigenvalue weighted by atomic mass is 16.5. The summed E-state index contributed by atoms with van der Waals surface area (Å²) < 4.78 is 5.43. The van der Waals surface area contributed by atoms with Gasteiger partial charge in [-0.15, -0.1) is 0 Å². The molecule has 0 bridgehead atoms. The Morgan fingerprint density at radius 2 is 2.53 bits per heavy atom. The molecule has 5 nitrogen and oxygen atoms in total. The molecule has 1 fully saturated rings. The van der Waals surface area contributed by atoms with E-state index in [-0.39, 0.29) is 5.56 Å². The van der Waals surface area contributed by atoms with Gasteiger partial charge in [0.2, 0.25) is 0 Å². The van der Waals surface area contributed by atoms with Crippen molar-refractivity contribution in [1.29, 1.82) is 0 Å². The number of nitrogens with zero attached hydrogens (tertiary/aromatic N) is 1. The number of aromatic amines is 1. The summed E-state index contributed by atoms with van der Waals surface area (Å²) in [6.45, 7) is 3.33. The van der Waals surface area contributed by atoms with Gasteiger partial charge in [0.05, 0.1) is 19.5 Å². The molecule has 0 spiro atoms. The van der Waals surface area contributed by atoms with E-state index in [4.69, 9.17) is 4.74 Å². The Morgan fingerprint density at radius 3 is 3.40 bits per heavy atom. The van der Waals surface area contributed by atoms with Crippen molar-refractivity contribution in [3.8, 4) is 0 Å². The monoisotopic (exact) mass is 209 g/mol. The number of nitrogens with one attached hydrogen (secondary N) is 2. The molecule has 1 aliphatic rings. The number of ether oxygens (including phenoxy) is 1. The van der Waals surface area contributed by atoms with Crippen molar-refractivity contribution in [2.75, 3.05) is 26.3 Å². The number of hydrogen-bond acceptors (Lipinski definition) is 4. The van der Waals surface area contributed by atoms with Crippen molar-refractivity contribution < 1.29 is 4.74 Å². The quantitative estimate of drug-likeness (QED) is 0.692. The van der Waals surface area contributed by atoms with Crippen LogP contribution in [0.25, 0.3) is 0 Å². The third-order valence-corrected chi connectivity index (χ3v) is 2.44. The molecule has 0 aliphatic carbocycles. The summed E-state index contributed by atoms with van der Waals surface area (Å²) in [7, 11) is 0. The van der Waals surface area contributed by atoms with E-state index >= 15 is 0 Å². The maximum Gasteiger partial charge on any atom is 0.250 e. The number of rotatable bonds is 2. The number of H-pyrrole nitrogens is 1. The molecule has 82 valence electrons. The van der Waals surface area contributed by atoms with Crippen LogP contribution in [-0.4, -0.2) is 36.3 Å². The predicted molar refractivity (Wildman–Crippen MR) is 55.7 cm³/mol. The first-order chi connectivity index (χ1) is 7.34. The first kappa shape index (κ1) is 10.3. The molecule has 15 heavy (non-hydrogen) atoms. The van der Waals surface area contributed by atoms with Gasteiger partial charge in [-0.05, 0) is 6.42 Å². The topological polar surface area (TPSA) is 67.0 Å². The van der Waals surface area contributed by atoms with Crippen molar-refractivity contribution in [3.63, 3.8) is 0 Å². The maximum atomic E-state index is 11.1. The molecule has 1 aromatic heterocycles. The zero-order valence-corrected chi connectivity index (χ0v) is 8.53. The summed E-state index contributed by atoms with van der Waals surface area (Å²) in [5.74, 6) is 0.404. The molecular formula is C10H15N3O2. The van der Waals surface area contributed by atoms with Gasteiger partial charge in [0.25, 0.3) is 5.56 Å². The summed E-state index contributed by atoms with van der Waals surface area (Å²) in [4.78, 5) is 17.7. The van der Waals surface area contributed by atoms with Gasteiger partial charge in [-0.2, -0.15) is 0 Å². The third kappa shape index (κ3) is 3.14. The second kappa shape index (κ2) is 5.04. The van der Waals surface area contributed by atoms with Gasteiger partial charge < -0.3 is 15.0 Å². The van der Waals surface area contributed by atoms with Gasteiger partial charge >= 0.3 is 0 Å². The Morgan fingerprint density at radius 1 is 1.60 bits per heavy atom. The summed E-state index contributed by atoms with van der Waals surface area (Å²) in [5, 5.41) is 3.29. The van der Waals surface area contributed by atoms with E-state index in [1.54, 1.807) is 6.07 Å². The molecule has 1 aliphatic heterocycles. The Bertz CT molecular complexity index is 356. The fraction of sp³-hybridized carbons (Fsp3) is 0.600. The van der Waals surface area contributed by atoms with Crippen LogP contribution in [0.5, 0.6) is 0 Å². The number of hydrogen-bond donors (Lipinski definition) is 2. The maximum absolute atomic E-state index is 11.1. The Balaban J connectivity index is 1.98. The fourth-order valence-corrected chi connectivity index (χ4v) is 1.71. The zero-order chi connectivity index (χ0) is 10.5. The SMILES string of the molecule is O=c1cc(CC2CNCCOC2)nc[nH]1. The van der Waals surface area contributed by atoms with Crippen molar-refractivity contribution in [1.82, 2.24) is 15.3 Å². The molecule has 0 radical (unpaired) electrons. The first-order valence-electron chi connectivity index (χ1n) is 5.16. The third-order valence-electron chi connectivity index (χ3n) is 2.44. The average molecular weight is 209 g/mol. The minimum atomic E-state index is -0.0949. The molecule has 1 aromatic rings. The molecule has 1 saturated heterocycles. The Labute approximate surface area is 87.9 Å². The Hall–Kier alpha value is -1.20. The highest BCUT2D eigenvalue weighted by molar-refractivity contribution is 5.00. The Kier molecular flexibility index (Phi) is 3.47. The van der Waals surface area contributed by atoms with Gasteiger partial charge in [0, 0.05) is 30.8 Å². The molecule has 2 N–H and O–H groups in total. The van der Waals surface area contributed by atoms with Crippen LogP contribution in [-0.2, 0) is 11.2 Å². The summed E-state index contributed by atoms with van der Waals surface area (Å²) in [6.07, 6.45) is 2.24. The standard InChI is InChI=1S/C10H15N3O2/c14-10-4-9(12-7-13-10)3-8-5-11-1-2-15-6-8/h4,7-8,11H,1-3,5-6H2,(H,12,13,14). The van der Waals surface area contributed by atoms with Gasteiger partial charge in [0.15, 0.2) is 0 Å². The van der Waals surface area contributed by atoms with Crippen LogP contribution >= 0.6 is 0 Å². The van der Waals surface area contributed by atoms with Crippen molar-refractivity contribution in [2.24, 2.45) is 5.92 Å². The number of aromatic nitrogens is 2. The summed E-state index contributed by atoms with van der Waals surface area (Å²) in [5.41, 5.74) is 0.735. The van der Waals surface area contributed by atoms with Crippen LogP contribution in [0.1, 0.15) is 5.69 Å². The molecule has 2 rings (SSSR count). The lowest BCUT2D eigenvalue weighted by molar-refractivity contribution is 0.123. The minimum Gasteiger partial charge on any atom is -0.380 e. The van der Waals surface area contributed by atoms with Crippen LogP contribution in [0.4, 0.5) is 0 Å². The van der Waals surface area contributed by atoms with E-state index in [1.165, 1.54) is 6.33 Å². The van der Waals surface area contributed by atoms with Gasteiger partial charge in [-0.25, -0.2) is 4.98 Å². The largest absolute Gasteiger partial charge is 0.380 e. The van der Waals surface area contributed by atoms with Crippen LogP contribution < -0.4 is 10.9 Å². The van der Waals surface area contributed by atoms with E-state index in [2.05, 4.69) is 15.3 Å². The van der Waals surface area contributed by atoms with Crippen molar-refractivity contribution >= 4 is 0 Å². The summed E-state index contributed by atoms with van der Waals surface area (Å²) in [6, 6.07) is 1.55. The van der Waals surface area contributed by atoms with Crippen LogP contribution in [0.3, 0.4) is 0 Å². The molecule has 0 amide bonds. The molecule has 0 aromatic carbocycles. The van der Waals surface area contributed by atoms with Crippen LogP contribution in [0, 0.1) is 5.92 Å². The smallest absolute Gasteiger partial charge is 0.250 e. The van der Waals surface area contributed by atoms with Crippen molar-refractivity contribution in [3.05, 3.63) is 28.4 Å². The second-order valence-corrected chi connectivity index (χ2v) is 3.75. The van der Waals surface area contributed by atoms with Gasteiger partial charge in [0.1, 0.15) is 0 Å². The molecule has 5 heteroatoms. The molecular weight excluding hydrogens is 194 g/mol. The van der Waals surface area contributed by atoms with E-state index in [9.17, 15) is 4.79 Å². The lowest BCUT2D eigenvalue weighted by Gasteiger charge is -2.12. The van der Waals surface area contributed by atoms with E-state index in [1.807, 2.05) is 0 Å². The normalized spacial score (nSPS) is 22.3. The lowest BCUT2D eigenvalue weighted by atomic mass is 10.0. The van der Waals surface area contributed by atoms with Crippen LogP contribution in [0.15, 0.2) is 17.2 Å². The fourth-order valence-electron chi connectivity index (χ4n) is 1.71. The van der Waals surface area contributed by atoms with Crippen LogP contribution in [0.2, 0.25) is 0 Å². The van der Waals surface area contributed by atoms with E-state index in [0.717, 1.165) is 38.4 Å². The summed E-state index contributed by atoms with van der Waals surface area (Å²) >= 11 is 0. The lowest BCUT2D eigenvalue weighted by Crippen LogP contribution is -2.25. The van der Waals surface area contributed by atoms with Gasteiger partial charge in [-0.1, -0.05) is 0 Å². The van der Waals surface area contributed by atoms with E-state index < -0.39 is 0 Å². The molecule has 1 unspecified atom stereocenters. The highest BCUT2D eigenvalue weighted by Crippen LogP contribution is 2.06. The highest BCUT2D eigenvalue weighted by Gasteiger charge is 2.13. The molecule has 1 atom stereocenters. The predicted octanol–water partition coefficient (Wildman–Crippen LogP) is -0.452. The van der Waals surface area contributed by atoms with E-state index in [0.29, 0.717) is 5.92 Å². The second-order valence-electron chi connectivity index (χ2n) is 3.75. The average Bonchev–Trinajstić information content (AvgIpc) is 2.46. The van der Waals surface area contributed by atoms with Gasteiger partial charge in [-0.3, -0.25) is 4.79 Å². The minimum absolute atomic E-state index is 0.0949. The molecule has 2 heterocycles. The first-order valence-corrected chi connectivity index (χ1v) is 5.16. The van der Waals surface area contributed by atoms with Crippen molar-refractivity contribution in [2.45, 2.75) is 6.42 Å². The zero-order valence-electron chi connectivity index (χ0n) is 8.53. The molecule has 0 saturated carbocycles.